The minimum Gasteiger partial charge on any atom is -0.207 e. The number of thiophene rings is 1. The molecule has 4 rings (SSSR count). The number of rotatable bonds is 3. The van der Waals surface area contributed by atoms with Crippen molar-refractivity contribution in [2.45, 2.75) is 30.2 Å². The van der Waals surface area contributed by atoms with Crippen LogP contribution in [-0.2, 0) is 16.4 Å². The van der Waals surface area contributed by atoms with Crippen LogP contribution in [0.2, 0.25) is 0 Å². The maximum absolute atomic E-state index is 13.0. The molecule has 3 nitrogen and oxygen atoms in total. The van der Waals surface area contributed by atoms with Crippen molar-refractivity contribution in [1.29, 1.82) is 0 Å². The van der Waals surface area contributed by atoms with Crippen LogP contribution in [0.1, 0.15) is 29.3 Å². The maximum atomic E-state index is 13.0. The van der Waals surface area contributed by atoms with E-state index in [1.807, 2.05) is 6.07 Å². The Morgan fingerprint density at radius 2 is 1.86 bits per heavy atom. The molecule has 110 valence electrons. The van der Waals surface area contributed by atoms with Crippen LogP contribution < -0.4 is 0 Å². The van der Waals surface area contributed by atoms with Gasteiger partial charge in [0.15, 0.2) is 0 Å². The molecule has 1 atom stereocenters. The molecule has 2 aliphatic rings. The van der Waals surface area contributed by atoms with E-state index in [-0.39, 0.29) is 6.04 Å². The van der Waals surface area contributed by atoms with Gasteiger partial charge >= 0.3 is 0 Å². The van der Waals surface area contributed by atoms with Gasteiger partial charge in [-0.15, -0.1) is 11.3 Å². The van der Waals surface area contributed by atoms with Crippen molar-refractivity contribution in [2.24, 2.45) is 5.92 Å². The predicted octanol–water partition coefficient (Wildman–Crippen LogP) is 3.45. The topological polar surface area (TPSA) is 37.4 Å². The summed E-state index contributed by atoms with van der Waals surface area (Å²) >= 11 is 1.76. The molecule has 0 radical (unpaired) electrons. The first-order valence-corrected chi connectivity index (χ1v) is 9.63. The number of hydrogen-bond acceptors (Lipinski definition) is 3. The fourth-order valence-electron chi connectivity index (χ4n) is 3.22. The minimum atomic E-state index is -3.40. The minimum absolute atomic E-state index is 0.0465. The summed E-state index contributed by atoms with van der Waals surface area (Å²) in [5, 5.41) is 2.10. The van der Waals surface area contributed by atoms with Crippen LogP contribution in [0.5, 0.6) is 0 Å². The average Bonchev–Trinajstić information content (AvgIpc) is 3.23. The molecule has 1 unspecified atom stereocenters. The predicted molar refractivity (Wildman–Crippen MR) is 83.8 cm³/mol. The van der Waals surface area contributed by atoms with Crippen molar-refractivity contribution in [3.63, 3.8) is 0 Å². The highest BCUT2D eigenvalue weighted by atomic mass is 32.2. The highest BCUT2D eigenvalue weighted by molar-refractivity contribution is 7.89. The highest BCUT2D eigenvalue weighted by Crippen LogP contribution is 2.49. The van der Waals surface area contributed by atoms with Crippen LogP contribution >= 0.6 is 11.3 Å². The molecule has 5 heteroatoms. The van der Waals surface area contributed by atoms with E-state index in [9.17, 15) is 8.42 Å². The molecule has 1 fully saturated rings. The molecule has 0 bridgehead atoms. The van der Waals surface area contributed by atoms with Crippen molar-refractivity contribution in [3.05, 3.63) is 52.2 Å². The Morgan fingerprint density at radius 1 is 1.10 bits per heavy atom. The first-order valence-electron chi connectivity index (χ1n) is 7.31. The molecule has 21 heavy (non-hydrogen) atoms. The summed E-state index contributed by atoms with van der Waals surface area (Å²) in [4.78, 5) is 1.78. The van der Waals surface area contributed by atoms with E-state index in [0.717, 1.165) is 19.3 Å². The molecule has 0 amide bonds. The summed E-state index contributed by atoms with van der Waals surface area (Å²) in [6.07, 6.45) is 3.11. The molecule has 1 aliphatic heterocycles. The lowest BCUT2D eigenvalue weighted by molar-refractivity contribution is 0.283. The van der Waals surface area contributed by atoms with Gasteiger partial charge in [0.25, 0.3) is 0 Å². The molecule has 1 aliphatic carbocycles. The van der Waals surface area contributed by atoms with Gasteiger partial charge in [-0.3, -0.25) is 0 Å². The van der Waals surface area contributed by atoms with Crippen LogP contribution in [0.4, 0.5) is 0 Å². The second-order valence-corrected chi connectivity index (χ2v) is 8.65. The molecule has 0 N–H and O–H groups in total. The zero-order chi connectivity index (χ0) is 14.4. The van der Waals surface area contributed by atoms with Gasteiger partial charge in [0.1, 0.15) is 0 Å². The number of fused-ring (bicyclic) bond motifs is 1. The zero-order valence-corrected chi connectivity index (χ0v) is 13.2. The molecule has 1 saturated carbocycles. The van der Waals surface area contributed by atoms with Crippen LogP contribution in [0.3, 0.4) is 0 Å². The van der Waals surface area contributed by atoms with Crippen molar-refractivity contribution >= 4 is 21.4 Å². The Balaban J connectivity index is 1.78. The molecular formula is C16H17NO2S2. The van der Waals surface area contributed by atoms with Gasteiger partial charge in [0.05, 0.1) is 10.9 Å². The fraction of sp³-hybridized carbons (Fsp3) is 0.375. The second kappa shape index (κ2) is 4.93. The van der Waals surface area contributed by atoms with Crippen LogP contribution in [0, 0.1) is 5.92 Å². The first-order chi connectivity index (χ1) is 10.2. The summed E-state index contributed by atoms with van der Waals surface area (Å²) in [7, 11) is -3.40. The van der Waals surface area contributed by atoms with Gasteiger partial charge in [0, 0.05) is 11.4 Å². The summed E-state index contributed by atoms with van der Waals surface area (Å²) in [5.41, 5.74) is 1.24. The summed E-state index contributed by atoms with van der Waals surface area (Å²) < 4.78 is 27.7. The Hall–Kier alpha value is -1.17. The van der Waals surface area contributed by atoms with Crippen molar-refractivity contribution in [2.75, 3.05) is 6.54 Å². The highest BCUT2D eigenvalue weighted by Gasteiger charge is 2.44. The van der Waals surface area contributed by atoms with Crippen LogP contribution in [-0.4, -0.2) is 19.3 Å². The van der Waals surface area contributed by atoms with Crippen LogP contribution in [0.15, 0.2) is 46.7 Å². The molecular weight excluding hydrogens is 302 g/mol. The fourth-order valence-corrected chi connectivity index (χ4v) is 5.82. The van der Waals surface area contributed by atoms with Crippen LogP contribution in [0.25, 0.3) is 0 Å². The smallest absolute Gasteiger partial charge is 0.207 e. The van der Waals surface area contributed by atoms with Gasteiger partial charge in [-0.2, -0.15) is 4.31 Å². The van der Waals surface area contributed by atoms with Crippen molar-refractivity contribution in [3.8, 4) is 0 Å². The van der Waals surface area contributed by atoms with E-state index >= 15 is 0 Å². The van der Waals surface area contributed by atoms with E-state index in [4.69, 9.17) is 0 Å². The lowest BCUT2D eigenvalue weighted by Crippen LogP contribution is -2.40. The third kappa shape index (κ3) is 2.24. The van der Waals surface area contributed by atoms with E-state index in [1.165, 1.54) is 10.4 Å². The largest absolute Gasteiger partial charge is 0.243 e. The molecule has 0 spiro atoms. The van der Waals surface area contributed by atoms with Gasteiger partial charge in [-0.05, 0) is 54.3 Å². The number of sulfonamides is 1. The average molecular weight is 319 g/mol. The van der Waals surface area contributed by atoms with Gasteiger partial charge in [0.2, 0.25) is 10.0 Å². The first kappa shape index (κ1) is 13.5. The van der Waals surface area contributed by atoms with E-state index in [0.29, 0.717) is 17.4 Å². The van der Waals surface area contributed by atoms with Gasteiger partial charge in [-0.25, -0.2) is 8.42 Å². The molecule has 1 aromatic carbocycles. The lowest BCUT2D eigenvalue weighted by Gasteiger charge is -2.35. The van der Waals surface area contributed by atoms with Crippen molar-refractivity contribution in [1.82, 2.24) is 4.31 Å². The number of hydrogen-bond donors (Lipinski definition) is 0. The second-order valence-electron chi connectivity index (χ2n) is 5.76. The third-order valence-electron chi connectivity index (χ3n) is 4.39. The standard InChI is InChI=1S/C16H17NO2S2/c18-21(19,13-4-2-1-3-5-13)17-10-8-15-14(9-11-20-15)16(17)12-6-7-12/h1-5,9,11-12,16H,6-8,10H2. The number of nitrogens with zero attached hydrogens (tertiary/aromatic N) is 1. The quantitative estimate of drug-likeness (QED) is 0.869. The lowest BCUT2D eigenvalue weighted by atomic mass is 9.98. The van der Waals surface area contributed by atoms with E-state index < -0.39 is 10.0 Å². The molecule has 2 aromatic rings. The molecule has 2 heterocycles. The van der Waals surface area contributed by atoms with Gasteiger partial charge in [-0.1, -0.05) is 18.2 Å². The third-order valence-corrected chi connectivity index (χ3v) is 7.28. The Kier molecular flexibility index (Phi) is 3.17. The maximum Gasteiger partial charge on any atom is 0.243 e. The van der Waals surface area contributed by atoms with E-state index in [2.05, 4.69) is 11.4 Å². The summed E-state index contributed by atoms with van der Waals surface area (Å²) in [6, 6.07) is 11.0. The Bertz CT molecular complexity index is 748. The van der Waals surface area contributed by atoms with E-state index in [1.54, 1.807) is 39.9 Å². The summed E-state index contributed by atoms with van der Waals surface area (Å²) in [5.74, 6) is 0.497. The monoisotopic (exact) mass is 319 g/mol. The zero-order valence-electron chi connectivity index (χ0n) is 11.6. The molecule has 1 aromatic heterocycles. The molecule has 0 saturated heterocycles. The Labute approximate surface area is 129 Å². The van der Waals surface area contributed by atoms with Crippen molar-refractivity contribution < 1.29 is 8.42 Å². The number of benzene rings is 1. The summed E-state index contributed by atoms with van der Waals surface area (Å²) in [6.45, 7) is 0.603. The Morgan fingerprint density at radius 3 is 2.57 bits per heavy atom. The SMILES string of the molecule is O=S(=O)(c1ccccc1)N1CCc2sccc2C1C1CC1. The normalized spacial score (nSPS) is 23.0. The van der Waals surface area contributed by atoms with Gasteiger partial charge < -0.3 is 0 Å².